The van der Waals surface area contributed by atoms with Crippen molar-refractivity contribution >= 4 is 5.97 Å². The van der Waals surface area contributed by atoms with E-state index in [0.29, 0.717) is 17.9 Å². The van der Waals surface area contributed by atoms with Crippen molar-refractivity contribution in [3.05, 3.63) is 29.8 Å². The molecule has 0 aliphatic rings. The smallest absolute Gasteiger partial charge is 0.341 e. The van der Waals surface area contributed by atoms with Gasteiger partial charge in [-0.15, -0.1) is 0 Å². The first kappa shape index (κ1) is 23.5. The van der Waals surface area contributed by atoms with Gasteiger partial charge in [0.15, 0.2) is 0 Å². The summed E-state index contributed by atoms with van der Waals surface area (Å²) in [7, 11) is 1.40. The molecule has 0 fully saturated rings. The standard InChI is InChI=1S/C24H40O3/c1-3-4-5-6-7-8-9-10-11-12-13-14-15-18-21-27-23-20-17-16-19-22(23)24(25)26-2/h16-17,19-20H,3-15,18,21H2,1-2H3. The second-order valence-corrected chi connectivity index (χ2v) is 7.43. The zero-order chi connectivity index (χ0) is 19.6. The van der Waals surface area contributed by atoms with Crippen LogP contribution in [0.15, 0.2) is 24.3 Å². The van der Waals surface area contributed by atoms with Gasteiger partial charge < -0.3 is 9.47 Å². The van der Waals surface area contributed by atoms with Gasteiger partial charge in [-0.25, -0.2) is 4.79 Å². The molecule has 27 heavy (non-hydrogen) atoms. The van der Waals surface area contributed by atoms with E-state index in [2.05, 4.69) is 6.92 Å². The highest BCUT2D eigenvalue weighted by Crippen LogP contribution is 2.19. The number of ether oxygens (including phenoxy) is 2. The van der Waals surface area contributed by atoms with Gasteiger partial charge in [-0.05, 0) is 18.6 Å². The van der Waals surface area contributed by atoms with Crippen LogP contribution in [0.5, 0.6) is 5.75 Å². The van der Waals surface area contributed by atoms with Gasteiger partial charge in [0.25, 0.3) is 0 Å². The molecule has 0 saturated carbocycles. The average molecular weight is 377 g/mol. The van der Waals surface area contributed by atoms with Crippen LogP contribution in [-0.4, -0.2) is 19.7 Å². The number of rotatable bonds is 17. The van der Waals surface area contributed by atoms with Crippen LogP contribution in [0.4, 0.5) is 0 Å². The summed E-state index contributed by atoms with van der Waals surface area (Å²) in [6, 6.07) is 7.28. The quantitative estimate of drug-likeness (QED) is 0.211. The number of methoxy groups -OCH3 is 1. The lowest BCUT2D eigenvalue weighted by Crippen LogP contribution is -2.06. The monoisotopic (exact) mass is 376 g/mol. The topological polar surface area (TPSA) is 35.5 Å². The van der Waals surface area contributed by atoms with E-state index >= 15 is 0 Å². The van der Waals surface area contributed by atoms with Crippen molar-refractivity contribution < 1.29 is 14.3 Å². The molecule has 0 radical (unpaired) electrons. The van der Waals surface area contributed by atoms with Crippen molar-refractivity contribution in [1.29, 1.82) is 0 Å². The van der Waals surface area contributed by atoms with Crippen molar-refractivity contribution in [1.82, 2.24) is 0 Å². The fourth-order valence-electron chi connectivity index (χ4n) is 3.35. The summed E-state index contributed by atoms with van der Waals surface area (Å²) in [6.45, 7) is 2.93. The molecule has 0 N–H and O–H groups in total. The van der Waals surface area contributed by atoms with Gasteiger partial charge in [0.05, 0.1) is 13.7 Å². The summed E-state index contributed by atoms with van der Waals surface area (Å²) < 4.78 is 10.6. The summed E-state index contributed by atoms with van der Waals surface area (Å²) in [5, 5.41) is 0. The van der Waals surface area contributed by atoms with Crippen LogP contribution in [0.1, 0.15) is 107 Å². The van der Waals surface area contributed by atoms with Gasteiger partial charge in [0, 0.05) is 0 Å². The molecule has 1 aromatic carbocycles. The number of unbranched alkanes of at least 4 members (excludes halogenated alkanes) is 13. The molecule has 154 valence electrons. The second-order valence-electron chi connectivity index (χ2n) is 7.43. The molecule has 0 bridgehead atoms. The third kappa shape index (κ3) is 11.7. The Morgan fingerprint density at radius 3 is 1.74 bits per heavy atom. The number of carbonyl (C=O) groups excluding carboxylic acids is 1. The van der Waals surface area contributed by atoms with E-state index in [1.54, 1.807) is 6.07 Å². The van der Waals surface area contributed by atoms with Crippen LogP contribution in [0.2, 0.25) is 0 Å². The van der Waals surface area contributed by atoms with E-state index in [9.17, 15) is 4.79 Å². The van der Waals surface area contributed by atoms with Crippen molar-refractivity contribution in [2.24, 2.45) is 0 Å². The number of esters is 1. The number of para-hydroxylation sites is 1. The number of hydrogen-bond acceptors (Lipinski definition) is 3. The summed E-state index contributed by atoms with van der Waals surface area (Å²) in [5.41, 5.74) is 0.505. The second kappa shape index (κ2) is 16.6. The Morgan fingerprint density at radius 2 is 1.22 bits per heavy atom. The molecule has 3 heteroatoms. The molecule has 0 amide bonds. The lowest BCUT2D eigenvalue weighted by molar-refractivity contribution is 0.0596. The molecular weight excluding hydrogens is 336 g/mol. The lowest BCUT2D eigenvalue weighted by Gasteiger charge is -2.10. The lowest BCUT2D eigenvalue weighted by atomic mass is 10.0. The van der Waals surface area contributed by atoms with E-state index < -0.39 is 0 Å². The minimum atomic E-state index is -0.341. The van der Waals surface area contributed by atoms with Crippen molar-refractivity contribution in [2.45, 2.75) is 96.8 Å². The molecule has 0 aromatic heterocycles. The molecule has 0 unspecified atom stereocenters. The van der Waals surface area contributed by atoms with Crippen molar-refractivity contribution in [3.8, 4) is 5.75 Å². The van der Waals surface area contributed by atoms with E-state index in [-0.39, 0.29) is 5.97 Å². The third-order valence-corrected chi connectivity index (χ3v) is 5.05. The van der Waals surface area contributed by atoms with E-state index in [1.807, 2.05) is 18.2 Å². The SMILES string of the molecule is CCCCCCCCCCCCCCCCOc1ccccc1C(=O)OC. The predicted molar refractivity (Wildman–Crippen MR) is 114 cm³/mol. The molecule has 1 rings (SSSR count). The summed E-state index contributed by atoms with van der Waals surface area (Å²) in [4.78, 5) is 11.7. The van der Waals surface area contributed by atoms with Gasteiger partial charge in [-0.2, -0.15) is 0 Å². The maximum atomic E-state index is 11.7. The molecule has 1 aromatic rings. The Labute approximate surface area is 166 Å². The Hall–Kier alpha value is -1.51. The molecule has 0 aliphatic carbocycles. The molecule has 0 atom stereocenters. The van der Waals surface area contributed by atoms with Crippen LogP contribution < -0.4 is 4.74 Å². The van der Waals surface area contributed by atoms with E-state index in [4.69, 9.17) is 9.47 Å². The first-order valence-corrected chi connectivity index (χ1v) is 11.1. The highest BCUT2D eigenvalue weighted by Gasteiger charge is 2.11. The molecular formula is C24H40O3. The third-order valence-electron chi connectivity index (χ3n) is 5.05. The van der Waals surface area contributed by atoms with Gasteiger partial charge in [-0.1, -0.05) is 103 Å². The average Bonchev–Trinajstić information content (AvgIpc) is 2.70. The van der Waals surface area contributed by atoms with Gasteiger partial charge in [0.1, 0.15) is 11.3 Å². The van der Waals surface area contributed by atoms with Crippen molar-refractivity contribution in [2.75, 3.05) is 13.7 Å². The largest absolute Gasteiger partial charge is 0.493 e. The maximum Gasteiger partial charge on any atom is 0.341 e. The van der Waals surface area contributed by atoms with Crippen LogP contribution in [0, 0.1) is 0 Å². The first-order valence-electron chi connectivity index (χ1n) is 11.1. The van der Waals surface area contributed by atoms with Crippen LogP contribution in [-0.2, 0) is 4.74 Å². The maximum absolute atomic E-state index is 11.7. The molecule has 0 aliphatic heterocycles. The van der Waals surface area contributed by atoms with Crippen LogP contribution >= 0.6 is 0 Å². The summed E-state index contributed by atoms with van der Waals surface area (Å²) in [6.07, 6.45) is 18.9. The van der Waals surface area contributed by atoms with Crippen LogP contribution in [0.25, 0.3) is 0 Å². The molecule has 0 heterocycles. The van der Waals surface area contributed by atoms with Crippen molar-refractivity contribution in [3.63, 3.8) is 0 Å². The van der Waals surface area contributed by atoms with Gasteiger partial charge in [0.2, 0.25) is 0 Å². The summed E-state index contributed by atoms with van der Waals surface area (Å²) in [5.74, 6) is 0.283. The van der Waals surface area contributed by atoms with E-state index in [1.165, 1.54) is 90.6 Å². The fraction of sp³-hybridized carbons (Fsp3) is 0.708. The van der Waals surface area contributed by atoms with E-state index in [0.717, 1.165) is 6.42 Å². The number of hydrogen-bond donors (Lipinski definition) is 0. The minimum absolute atomic E-state index is 0.341. The predicted octanol–water partition coefficient (Wildman–Crippen LogP) is 7.33. The van der Waals surface area contributed by atoms with Crippen LogP contribution in [0.3, 0.4) is 0 Å². The first-order chi connectivity index (χ1) is 13.3. The highest BCUT2D eigenvalue weighted by molar-refractivity contribution is 5.92. The fourth-order valence-corrected chi connectivity index (χ4v) is 3.35. The normalized spacial score (nSPS) is 10.7. The Bertz CT molecular complexity index is 484. The summed E-state index contributed by atoms with van der Waals surface area (Å²) >= 11 is 0. The number of benzene rings is 1. The zero-order valence-electron chi connectivity index (χ0n) is 17.6. The molecule has 3 nitrogen and oxygen atoms in total. The Kier molecular flexibility index (Phi) is 14.5. The Morgan fingerprint density at radius 1 is 0.741 bits per heavy atom. The highest BCUT2D eigenvalue weighted by atomic mass is 16.5. The number of carbonyl (C=O) groups is 1. The minimum Gasteiger partial charge on any atom is -0.493 e. The molecule has 0 spiro atoms. The zero-order valence-corrected chi connectivity index (χ0v) is 17.6. The van der Waals surface area contributed by atoms with Gasteiger partial charge >= 0.3 is 5.97 Å². The Balaban J connectivity index is 1.92. The van der Waals surface area contributed by atoms with Gasteiger partial charge in [-0.3, -0.25) is 0 Å². The molecule has 0 saturated heterocycles.